The second-order valence-corrected chi connectivity index (χ2v) is 14.3. The topological polar surface area (TPSA) is 29.5 Å². The molecule has 0 saturated carbocycles. The molecule has 0 unspecified atom stereocenters. The molecule has 244 valence electrons. The molecule has 3 nitrogen and oxygen atoms in total. The van der Waals surface area contributed by atoms with Crippen LogP contribution in [0.2, 0.25) is 0 Å². The molecule has 0 fully saturated rings. The molecule has 0 radical (unpaired) electrons. The Balaban J connectivity index is 1.18. The van der Waals surface area contributed by atoms with Gasteiger partial charge in [0.05, 0.1) is 5.69 Å². The summed E-state index contributed by atoms with van der Waals surface area (Å²) in [5.41, 5.74) is 11.1. The lowest BCUT2D eigenvalue weighted by Crippen LogP contribution is -2.09. The van der Waals surface area contributed by atoms with Crippen LogP contribution in [0, 0.1) is 0 Å². The van der Waals surface area contributed by atoms with Crippen LogP contribution in [0.15, 0.2) is 185 Å². The van der Waals surface area contributed by atoms with Crippen molar-refractivity contribution in [3.8, 4) is 22.3 Å². The van der Waals surface area contributed by atoms with Crippen LogP contribution >= 0.6 is 11.3 Å². The van der Waals surface area contributed by atoms with Gasteiger partial charge >= 0.3 is 0 Å². The average Bonchev–Trinajstić information content (AvgIpc) is 3.91. The Morgan fingerprint density at radius 1 is 0.346 bits per heavy atom. The lowest BCUT2D eigenvalue weighted by atomic mass is 9.92. The van der Waals surface area contributed by atoms with Crippen molar-refractivity contribution in [3.05, 3.63) is 176 Å². The molecule has 8 aromatic carbocycles. The zero-order valence-electron chi connectivity index (χ0n) is 27.9. The summed E-state index contributed by atoms with van der Waals surface area (Å²) < 4.78 is 16.3. The molecule has 11 aromatic rings. The van der Waals surface area contributed by atoms with Gasteiger partial charge in [0.15, 0.2) is 5.58 Å². The van der Waals surface area contributed by atoms with E-state index >= 15 is 0 Å². The summed E-state index contributed by atoms with van der Waals surface area (Å²) in [4.78, 5) is 2.27. The Kier molecular flexibility index (Phi) is 6.42. The number of rotatable bonds is 5. The van der Waals surface area contributed by atoms with E-state index in [1.807, 2.05) is 11.3 Å². The van der Waals surface area contributed by atoms with Crippen molar-refractivity contribution in [1.29, 1.82) is 0 Å². The molecule has 3 aromatic heterocycles. The normalized spacial score (nSPS) is 11.8. The zero-order chi connectivity index (χ0) is 34.2. The van der Waals surface area contributed by atoms with E-state index < -0.39 is 0 Å². The number of fused-ring (bicyclic) bond motifs is 9. The predicted octanol–water partition coefficient (Wildman–Crippen LogP) is 14.7. The molecule has 0 saturated heterocycles. The Bertz CT molecular complexity index is 3090. The monoisotopic (exact) mass is 683 g/mol. The van der Waals surface area contributed by atoms with E-state index in [9.17, 15) is 0 Å². The Morgan fingerprint density at radius 2 is 0.846 bits per heavy atom. The number of furan rings is 2. The lowest BCUT2D eigenvalue weighted by Gasteiger charge is -2.25. The highest BCUT2D eigenvalue weighted by Crippen LogP contribution is 2.48. The van der Waals surface area contributed by atoms with E-state index in [-0.39, 0.29) is 0 Å². The van der Waals surface area contributed by atoms with Gasteiger partial charge in [-0.3, -0.25) is 0 Å². The molecule has 0 atom stereocenters. The SMILES string of the molecule is c1ccc(N(c2ccccc2)c2cccc3c2oc2c(-c4cccc5oc6cccc(-c7cccc8sc9ccccc9c78)c6c45)cccc23)cc1. The summed E-state index contributed by atoms with van der Waals surface area (Å²) in [5, 5.41) is 6.93. The first kappa shape index (κ1) is 29.1. The summed E-state index contributed by atoms with van der Waals surface area (Å²) in [7, 11) is 0. The third-order valence-electron chi connectivity index (χ3n) is 10.3. The minimum Gasteiger partial charge on any atom is -0.456 e. The molecule has 0 spiro atoms. The number of para-hydroxylation sites is 4. The summed E-state index contributed by atoms with van der Waals surface area (Å²) in [5.74, 6) is 0. The fourth-order valence-electron chi connectivity index (χ4n) is 8.09. The van der Waals surface area contributed by atoms with Crippen LogP contribution in [-0.4, -0.2) is 0 Å². The van der Waals surface area contributed by atoms with Gasteiger partial charge in [-0.1, -0.05) is 121 Å². The number of nitrogens with zero attached hydrogens (tertiary/aromatic N) is 1. The molecule has 3 heterocycles. The maximum atomic E-state index is 7.07. The number of hydrogen-bond acceptors (Lipinski definition) is 4. The average molecular weight is 684 g/mol. The maximum absolute atomic E-state index is 7.07. The van der Waals surface area contributed by atoms with Gasteiger partial charge in [0.25, 0.3) is 0 Å². The highest BCUT2D eigenvalue weighted by molar-refractivity contribution is 7.25. The molecule has 11 rings (SSSR count). The van der Waals surface area contributed by atoms with Crippen molar-refractivity contribution in [3.63, 3.8) is 0 Å². The van der Waals surface area contributed by atoms with Crippen LogP contribution in [0.1, 0.15) is 0 Å². The summed E-state index contributed by atoms with van der Waals surface area (Å²) in [6.45, 7) is 0. The molecule has 0 amide bonds. The molecule has 0 aliphatic rings. The maximum Gasteiger partial charge on any atom is 0.159 e. The quantitative estimate of drug-likeness (QED) is 0.181. The third kappa shape index (κ3) is 4.31. The standard InChI is InChI=1S/C48H29NO2S/c1-3-14-30(15-4-1)49(31-16-5-2-6-17-31)39-25-10-24-37-36-23-9-22-35(47(36)51-48(37)39)34-20-12-27-41-46(34)45-33(19-11-26-40(45)50-41)32-21-13-29-43-44(32)38-18-7-8-28-42(38)52-43/h1-29H. The molecule has 0 N–H and O–H groups in total. The second kappa shape index (κ2) is 11.5. The van der Waals surface area contributed by atoms with Gasteiger partial charge in [-0.25, -0.2) is 0 Å². The van der Waals surface area contributed by atoms with Gasteiger partial charge in [0.2, 0.25) is 0 Å². The molecular formula is C48H29NO2S. The first-order valence-electron chi connectivity index (χ1n) is 17.5. The van der Waals surface area contributed by atoms with Gasteiger partial charge in [0, 0.05) is 58.7 Å². The fourth-order valence-corrected chi connectivity index (χ4v) is 9.22. The van der Waals surface area contributed by atoms with E-state index in [1.54, 1.807) is 0 Å². The fraction of sp³-hybridized carbons (Fsp3) is 0. The molecule has 0 aliphatic carbocycles. The number of anilines is 3. The van der Waals surface area contributed by atoms with Crippen molar-refractivity contribution in [1.82, 2.24) is 0 Å². The summed E-state index contributed by atoms with van der Waals surface area (Å²) in [6, 6.07) is 62.1. The van der Waals surface area contributed by atoms with E-state index in [0.29, 0.717) is 0 Å². The number of thiophene rings is 1. The van der Waals surface area contributed by atoms with Crippen LogP contribution in [-0.2, 0) is 0 Å². The first-order valence-corrected chi connectivity index (χ1v) is 18.3. The lowest BCUT2D eigenvalue weighted by molar-refractivity contribution is 0.669. The molecule has 0 bridgehead atoms. The van der Waals surface area contributed by atoms with Gasteiger partial charge < -0.3 is 13.7 Å². The van der Waals surface area contributed by atoms with Crippen molar-refractivity contribution < 1.29 is 8.83 Å². The molecule has 4 heteroatoms. The Labute approximate surface area is 303 Å². The second-order valence-electron chi connectivity index (χ2n) is 13.2. The van der Waals surface area contributed by atoms with Gasteiger partial charge in [-0.2, -0.15) is 0 Å². The minimum atomic E-state index is 0.846. The number of hydrogen-bond donors (Lipinski definition) is 0. The Morgan fingerprint density at radius 3 is 1.56 bits per heavy atom. The predicted molar refractivity (Wildman–Crippen MR) is 219 cm³/mol. The van der Waals surface area contributed by atoms with Crippen molar-refractivity contribution in [2.75, 3.05) is 4.90 Å². The number of benzene rings is 8. The van der Waals surface area contributed by atoms with E-state index in [0.717, 1.165) is 72.1 Å². The molecule has 0 aliphatic heterocycles. The van der Waals surface area contributed by atoms with Crippen LogP contribution < -0.4 is 4.90 Å². The van der Waals surface area contributed by atoms with Gasteiger partial charge in [0.1, 0.15) is 16.7 Å². The third-order valence-corrected chi connectivity index (χ3v) is 11.4. The minimum absolute atomic E-state index is 0.846. The summed E-state index contributed by atoms with van der Waals surface area (Å²) >= 11 is 1.85. The van der Waals surface area contributed by atoms with Crippen molar-refractivity contribution >= 4 is 92.4 Å². The van der Waals surface area contributed by atoms with Crippen molar-refractivity contribution in [2.24, 2.45) is 0 Å². The van der Waals surface area contributed by atoms with E-state index in [1.165, 1.54) is 31.3 Å². The summed E-state index contributed by atoms with van der Waals surface area (Å²) in [6.07, 6.45) is 0. The van der Waals surface area contributed by atoms with Crippen LogP contribution in [0.25, 0.3) is 86.3 Å². The highest BCUT2D eigenvalue weighted by Gasteiger charge is 2.23. The Hall–Kier alpha value is -6.62. The zero-order valence-corrected chi connectivity index (χ0v) is 28.7. The van der Waals surface area contributed by atoms with Crippen LogP contribution in [0.3, 0.4) is 0 Å². The van der Waals surface area contributed by atoms with E-state index in [2.05, 4.69) is 181 Å². The smallest absolute Gasteiger partial charge is 0.159 e. The van der Waals surface area contributed by atoms with Crippen LogP contribution in [0.4, 0.5) is 17.1 Å². The first-order chi connectivity index (χ1) is 25.8. The van der Waals surface area contributed by atoms with Crippen molar-refractivity contribution in [2.45, 2.75) is 0 Å². The van der Waals surface area contributed by atoms with Gasteiger partial charge in [-0.05, 0) is 71.3 Å². The molecular weight excluding hydrogens is 655 g/mol. The largest absolute Gasteiger partial charge is 0.456 e. The highest BCUT2D eigenvalue weighted by atomic mass is 32.1. The molecule has 52 heavy (non-hydrogen) atoms. The van der Waals surface area contributed by atoms with E-state index in [4.69, 9.17) is 8.83 Å². The van der Waals surface area contributed by atoms with Gasteiger partial charge in [-0.15, -0.1) is 11.3 Å². The van der Waals surface area contributed by atoms with Crippen LogP contribution in [0.5, 0.6) is 0 Å².